The Balaban J connectivity index is 3.04. The second-order valence-electron chi connectivity index (χ2n) is 4.28. The van der Waals surface area contributed by atoms with Gasteiger partial charge in [0.05, 0.1) is 18.2 Å². The number of anilines is 1. The number of nitrogens with one attached hydrogen (secondary N) is 1. The van der Waals surface area contributed by atoms with Gasteiger partial charge in [0.2, 0.25) is 10.0 Å². The van der Waals surface area contributed by atoms with E-state index in [1.54, 1.807) is 0 Å². The van der Waals surface area contributed by atoms with Crippen molar-refractivity contribution in [2.45, 2.75) is 18.2 Å². The molecule has 0 unspecified atom stereocenters. The van der Waals surface area contributed by atoms with Crippen LogP contribution in [0.15, 0.2) is 17.2 Å². The van der Waals surface area contributed by atoms with Gasteiger partial charge in [-0.15, -0.1) is 0 Å². The van der Waals surface area contributed by atoms with Crippen LogP contribution in [0.25, 0.3) is 0 Å². The Bertz CT molecular complexity index is 547. The first-order valence-electron chi connectivity index (χ1n) is 6.58. The largest absolute Gasteiger partial charge is 0.395 e. The number of pyridine rings is 1. The average molecular weight is 338 g/mol. The Kier molecular flexibility index (Phi) is 7.33. The predicted molar refractivity (Wildman–Crippen MR) is 81.0 cm³/mol. The molecule has 21 heavy (non-hydrogen) atoms. The number of nitrogens with zero attached hydrogens (tertiary/aromatic N) is 2. The minimum absolute atomic E-state index is 0.0727. The molecule has 1 aromatic heterocycles. The van der Waals surface area contributed by atoms with E-state index in [2.05, 4.69) is 10.3 Å². The van der Waals surface area contributed by atoms with Gasteiger partial charge < -0.3 is 15.5 Å². The molecule has 9 heteroatoms. The Morgan fingerprint density at radius 3 is 2.43 bits per heavy atom. The first-order chi connectivity index (χ1) is 9.97. The lowest BCUT2D eigenvalue weighted by molar-refractivity contribution is 0.217. The highest BCUT2D eigenvalue weighted by Crippen LogP contribution is 2.24. The third kappa shape index (κ3) is 4.79. The fourth-order valence-corrected chi connectivity index (χ4v) is 3.35. The summed E-state index contributed by atoms with van der Waals surface area (Å²) in [5.41, 5.74) is 0. The minimum Gasteiger partial charge on any atom is -0.395 e. The minimum atomic E-state index is -3.85. The van der Waals surface area contributed by atoms with Crippen LogP contribution < -0.4 is 5.32 Å². The smallest absolute Gasteiger partial charge is 0.244 e. The molecule has 1 heterocycles. The molecule has 1 rings (SSSR count). The van der Waals surface area contributed by atoms with Crippen molar-refractivity contribution < 1.29 is 18.6 Å². The number of aromatic nitrogens is 1. The normalized spacial score (nSPS) is 11.9. The lowest BCUT2D eigenvalue weighted by Crippen LogP contribution is -2.35. The van der Waals surface area contributed by atoms with Crippen LogP contribution in [-0.4, -0.2) is 60.8 Å². The fraction of sp³-hybridized carbons (Fsp3) is 0.583. The summed E-state index contributed by atoms with van der Waals surface area (Å²) in [6, 6.07) is 1.31. The molecule has 0 radical (unpaired) electrons. The van der Waals surface area contributed by atoms with Gasteiger partial charge in [0, 0.05) is 25.8 Å². The van der Waals surface area contributed by atoms with Crippen molar-refractivity contribution >= 4 is 27.4 Å². The van der Waals surface area contributed by atoms with Gasteiger partial charge >= 0.3 is 0 Å². The average Bonchev–Trinajstić information content (AvgIpc) is 2.45. The molecule has 0 fully saturated rings. The Hall–Kier alpha value is -0.930. The number of sulfonamides is 1. The number of aliphatic hydroxyl groups excluding tert-OH is 2. The van der Waals surface area contributed by atoms with Crippen molar-refractivity contribution in [3.8, 4) is 0 Å². The van der Waals surface area contributed by atoms with Gasteiger partial charge in [-0.25, -0.2) is 13.4 Å². The molecule has 3 N–H and O–H groups in total. The zero-order chi connectivity index (χ0) is 15.9. The first-order valence-corrected chi connectivity index (χ1v) is 8.40. The summed E-state index contributed by atoms with van der Waals surface area (Å²) in [6.07, 6.45) is 2.10. The van der Waals surface area contributed by atoms with E-state index in [0.717, 1.165) is 10.7 Å². The highest BCUT2D eigenvalue weighted by Gasteiger charge is 2.24. The van der Waals surface area contributed by atoms with E-state index >= 15 is 0 Å². The van der Waals surface area contributed by atoms with E-state index in [-0.39, 0.29) is 36.2 Å². The van der Waals surface area contributed by atoms with Crippen LogP contribution >= 0.6 is 11.6 Å². The molecule has 0 aliphatic rings. The maximum atomic E-state index is 12.4. The van der Waals surface area contributed by atoms with E-state index < -0.39 is 10.0 Å². The molecule has 0 amide bonds. The highest BCUT2D eigenvalue weighted by atomic mass is 35.5. The molecule has 1 aromatic rings. The number of halogens is 1. The lowest BCUT2D eigenvalue weighted by atomic mass is 10.4. The molecule has 0 saturated carbocycles. The van der Waals surface area contributed by atoms with Gasteiger partial charge in [0.25, 0.3) is 0 Å². The number of hydrogen-bond acceptors (Lipinski definition) is 6. The van der Waals surface area contributed by atoms with Crippen molar-refractivity contribution in [2.75, 3.05) is 38.2 Å². The monoisotopic (exact) mass is 337 g/mol. The van der Waals surface area contributed by atoms with Crippen LogP contribution in [0.5, 0.6) is 0 Å². The Labute approximate surface area is 129 Å². The van der Waals surface area contributed by atoms with Crippen molar-refractivity contribution in [2.24, 2.45) is 0 Å². The summed E-state index contributed by atoms with van der Waals surface area (Å²) in [4.78, 5) is 3.94. The molecule has 0 saturated heterocycles. The van der Waals surface area contributed by atoms with E-state index in [1.807, 2.05) is 6.92 Å². The van der Waals surface area contributed by atoms with Crippen molar-refractivity contribution in [1.29, 1.82) is 0 Å². The summed E-state index contributed by atoms with van der Waals surface area (Å²) in [7, 11) is -3.85. The summed E-state index contributed by atoms with van der Waals surface area (Å²) in [6.45, 7) is 1.79. The molecule has 0 spiro atoms. The van der Waals surface area contributed by atoms with Crippen molar-refractivity contribution in [1.82, 2.24) is 9.29 Å². The van der Waals surface area contributed by atoms with Crippen LogP contribution in [0.1, 0.15) is 13.3 Å². The van der Waals surface area contributed by atoms with Gasteiger partial charge in [-0.3, -0.25) is 0 Å². The first kappa shape index (κ1) is 18.1. The molecule has 0 bridgehead atoms. The molecule has 0 aliphatic carbocycles. The maximum Gasteiger partial charge on any atom is 0.244 e. The zero-order valence-electron chi connectivity index (χ0n) is 11.8. The van der Waals surface area contributed by atoms with Gasteiger partial charge in [-0.05, 0) is 12.5 Å². The number of hydrogen-bond donors (Lipinski definition) is 3. The van der Waals surface area contributed by atoms with E-state index in [1.165, 1.54) is 12.3 Å². The van der Waals surface area contributed by atoms with Crippen molar-refractivity contribution in [3.05, 3.63) is 17.3 Å². The predicted octanol–water partition coefficient (Wildman–Crippen LogP) is 0.532. The van der Waals surface area contributed by atoms with Crippen molar-refractivity contribution in [3.63, 3.8) is 0 Å². The zero-order valence-corrected chi connectivity index (χ0v) is 13.4. The fourth-order valence-electron chi connectivity index (χ4n) is 1.66. The quantitative estimate of drug-likeness (QED) is 0.607. The van der Waals surface area contributed by atoms with Gasteiger partial charge in [0.15, 0.2) is 0 Å². The van der Waals surface area contributed by atoms with Crippen LogP contribution in [0.3, 0.4) is 0 Å². The van der Waals surface area contributed by atoms with Gasteiger partial charge in [-0.2, -0.15) is 4.31 Å². The third-order valence-corrected chi connectivity index (χ3v) is 4.85. The van der Waals surface area contributed by atoms with Crippen LogP contribution in [0.4, 0.5) is 5.82 Å². The van der Waals surface area contributed by atoms with Gasteiger partial charge in [-0.1, -0.05) is 18.5 Å². The third-order valence-electron chi connectivity index (χ3n) is 2.70. The highest BCUT2D eigenvalue weighted by molar-refractivity contribution is 7.89. The number of rotatable bonds is 9. The van der Waals surface area contributed by atoms with Crippen LogP contribution in [-0.2, 0) is 10.0 Å². The summed E-state index contributed by atoms with van der Waals surface area (Å²) in [5, 5.41) is 21.1. The Morgan fingerprint density at radius 1 is 1.33 bits per heavy atom. The van der Waals surface area contributed by atoms with Crippen LogP contribution in [0, 0.1) is 0 Å². The van der Waals surface area contributed by atoms with Gasteiger partial charge in [0.1, 0.15) is 10.7 Å². The van der Waals surface area contributed by atoms with E-state index in [4.69, 9.17) is 21.8 Å². The van der Waals surface area contributed by atoms with E-state index in [9.17, 15) is 8.42 Å². The molecule has 0 atom stereocenters. The van der Waals surface area contributed by atoms with E-state index in [0.29, 0.717) is 12.4 Å². The second kappa shape index (κ2) is 8.50. The summed E-state index contributed by atoms with van der Waals surface area (Å²) in [5.74, 6) is 0.424. The lowest BCUT2D eigenvalue weighted by Gasteiger charge is -2.20. The number of aliphatic hydroxyl groups is 2. The SMILES string of the molecule is CCCNc1ncc(S(=O)(=O)N(CCO)CCO)cc1Cl. The maximum absolute atomic E-state index is 12.4. The molecule has 7 nitrogen and oxygen atoms in total. The standard InChI is InChI=1S/C12H20ClN3O4S/c1-2-3-14-12-11(13)8-10(9-15-12)21(19,20)16(4-6-17)5-7-18/h8-9,17-18H,2-7H2,1H3,(H,14,15). The molecule has 0 aromatic carbocycles. The van der Waals surface area contributed by atoms with Crippen LogP contribution in [0.2, 0.25) is 5.02 Å². The summed E-state index contributed by atoms with van der Waals surface area (Å²) >= 11 is 6.02. The molecule has 120 valence electrons. The molecular formula is C12H20ClN3O4S. The molecular weight excluding hydrogens is 318 g/mol. The topological polar surface area (TPSA) is 103 Å². The Morgan fingerprint density at radius 2 is 1.95 bits per heavy atom. The summed E-state index contributed by atoms with van der Waals surface area (Å²) < 4.78 is 25.7. The molecule has 0 aliphatic heterocycles. The second-order valence-corrected chi connectivity index (χ2v) is 6.62.